The minimum Gasteiger partial charge on any atom is -0.281 e. The van der Waals surface area contributed by atoms with Gasteiger partial charge >= 0.3 is 5.17 Å². The zero-order valence-electron chi connectivity index (χ0n) is 17.9. The number of halogens is 1. The van der Waals surface area contributed by atoms with E-state index in [2.05, 4.69) is 16.7 Å². The fraction of sp³-hybridized carbons (Fsp3) is 0.0714. The highest BCUT2D eigenvalue weighted by molar-refractivity contribution is 8.14. The molecule has 1 aliphatic rings. The third-order valence-electron chi connectivity index (χ3n) is 5.64. The second kappa shape index (κ2) is 9.43. The van der Waals surface area contributed by atoms with Crippen LogP contribution in [0.1, 0.15) is 17.2 Å². The van der Waals surface area contributed by atoms with E-state index in [1.54, 1.807) is 11.8 Å². The maximum atomic E-state index is 13.8. The minimum absolute atomic E-state index is 0.0988. The molecule has 1 heterocycles. The molecule has 1 aliphatic heterocycles. The molecule has 0 saturated carbocycles. The first-order valence-corrected chi connectivity index (χ1v) is 11.7. The van der Waals surface area contributed by atoms with Gasteiger partial charge in [-0.25, -0.2) is 8.97 Å². The second-order valence-corrected chi connectivity index (χ2v) is 8.94. The summed E-state index contributed by atoms with van der Waals surface area (Å²) in [4.78, 5) is 5.09. The number of nitrogens with zero attached hydrogens (tertiary/aromatic N) is 2. The molecule has 5 heteroatoms. The molecule has 0 fully saturated rings. The van der Waals surface area contributed by atoms with E-state index in [1.807, 2.05) is 91.0 Å². The van der Waals surface area contributed by atoms with Gasteiger partial charge in [0.05, 0.1) is 11.4 Å². The predicted molar refractivity (Wildman–Crippen MR) is 135 cm³/mol. The lowest BCUT2D eigenvalue weighted by Crippen LogP contribution is -2.28. The van der Waals surface area contributed by atoms with Gasteiger partial charge in [0.25, 0.3) is 0 Å². The van der Waals surface area contributed by atoms with Crippen LogP contribution in [0.4, 0.5) is 15.8 Å². The van der Waals surface area contributed by atoms with Gasteiger partial charge in [-0.1, -0.05) is 78.9 Å². The number of hydrogen-bond donors (Lipinski definition) is 1. The van der Waals surface area contributed by atoms with Gasteiger partial charge in [0, 0.05) is 0 Å². The normalized spacial score (nSPS) is 18.5. The molecule has 0 aliphatic carbocycles. The Morgan fingerprint density at radius 1 is 0.758 bits per heavy atom. The maximum Gasteiger partial charge on any atom is 0.310 e. The Labute approximate surface area is 197 Å². The Hall–Kier alpha value is -3.70. The molecule has 3 nitrogen and oxygen atoms in total. The zero-order valence-corrected chi connectivity index (χ0v) is 18.7. The number of nitrogens with two attached hydrogens (primary N) is 1. The first kappa shape index (κ1) is 21.2. The monoisotopic (exact) mass is 452 g/mol. The fourth-order valence-corrected chi connectivity index (χ4v) is 5.43. The number of aliphatic imine (C=N–C) groups is 1. The Morgan fingerprint density at radius 2 is 1.33 bits per heavy atom. The first-order chi connectivity index (χ1) is 16.2. The smallest absolute Gasteiger partial charge is 0.281 e. The van der Waals surface area contributed by atoms with Gasteiger partial charge in [-0.05, 0) is 59.3 Å². The summed E-state index contributed by atoms with van der Waals surface area (Å²) in [6.45, 7) is 0. The number of hydrogen-bond acceptors (Lipinski definition) is 3. The molecule has 0 spiro atoms. The molecule has 0 bridgehead atoms. The third kappa shape index (κ3) is 4.45. The number of rotatable bonds is 5. The van der Waals surface area contributed by atoms with Gasteiger partial charge in [-0.3, -0.25) is 10.7 Å². The van der Waals surface area contributed by atoms with Crippen molar-refractivity contribution in [3.05, 3.63) is 132 Å². The summed E-state index contributed by atoms with van der Waals surface area (Å²) in [5.41, 5.74) is 11.5. The van der Waals surface area contributed by atoms with E-state index in [9.17, 15) is 4.39 Å². The molecule has 0 saturated heterocycles. The number of amidine groups is 1. The van der Waals surface area contributed by atoms with Gasteiger partial charge in [-0.2, -0.15) is 0 Å². The highest BCUT2D eigenvalue weighted by Crippen LogP contribution is 2.42. The molecular weight excluding hydrogens is 429 g/mol. The average molecular weight is 453 g/mol. The van der Waals surface area contributed by atoms with Crippen molar-refractivity contribution in [2.45, 2.75) is 11.3 Å². The third-order valence-corrected chi connectivity index (χ3v) is 6.81. The van der Waals surface area contributed by atoms with Crippen LogP contribution in [0.3, 0.4) is 0 Å². The van der Waals surface area contributed by atoms with E-state index >= 15 is 0 Å². The van der Waals surface area contributed by atoms with Crippen LogP contribution in [-0.4, -0.2) is 20.7 Å². The summed E-state index contributed by atoms with van der Waals surface area (Å²) in [5, 5.41) is 0.593. The van der Waals surface area contributed by atoms with Crippen LogP contribution in [0.15, 0.2) is 120 Å². The Kier molecular flexibility index (Phi) is 6.05. The minimum atomic E-state index is -0.259. The first-order valence-electron chi connectivity index (χ1n) is 10.8. The van der Waals surface area contributed by atoms with Crippen LogP contribution < -0.4 is 5.73 Å². The van der Waals surface area contributed by atoms with E-state index in [1.165, 1.54) is 12.1 Å². The van der Waals surface area contributed by atoms with Gasteiger partial charge < -0.3 is 0 Å². The number of benzene rings is 4. The van der Waals surface area contributed by atoms with Crippen molar-refractivity contribution in [3.8, 4) is 0 Å². The number of para-hydroxylation sites is 2. The van der Waals surface area contributed by atoms with Gasteiger partial charge in [0.15, 0.2) is 0 Å². The topological polar surface area (TPSA) is 41.4 Å². The van der Waals surface area contributed by atoms with Crippen LogP contribution in [0.5, 0.6) is 0 Å². The highest BCUT2D eigenvalue weighted by Gasteiger charge is 2.44. The molecule has 0 aromatic heterocycles. The van der Waals surface area contributed by atoms with Crippen LogP contribution >= 0.6 is 11.8 Å². The maximum absolute atomic E-state index is 13.8. The molecule has 0 radical (unpaired) electrons. The van der Waals surface area contributed by atoms with Crippen molar-refractivity contribution in [1.82, 2.24) is 0 Å². The summed E-state index contributed by atoms with van der Waals surface area (Å²) >= 11 is 1.59. The van der Waals surface area contributed by atoms with Gasteiger partial charge in [0.2, 0.25) is 0 Å². The van der Waals surface area contributed by atoms with Crippen molar-refractivity contribution >= 4 is 34.0 Å². The molecular formula is C28H23FN3S+. The lowest BCUT2D eigenvalue weighted by molar-refractivity contribution is -0.482. The van der Waals surface area contributed by atoms with Crippen LogP contribution in [0.25, 0.3) is 0 Å². The quantitative estimate of drug-likeness (QED) is 0.279. The average Bonchev–Trinajstić information content (AvgIpc) is 3.21. The predicted octanol–water partition coefficient (Wildman–Crippen LogP) is 6.46. The molecule has 4 aromatic rings. The molecule has 2 N–H and O–H groups in total. The zero-order chi connectivity index (χ0) is 22.6. The second-order valence-electron chi connectivity index (χ2n) is 7.78. The van der Waals surface area contributed by atoms with E-state index in [0.717, 1.165) is 28.2 Å². The van der Waals surface area contributed by atoms with E-state index in [0.29, 0.717) is 5.17 Å². The molecule has 5 rings (SSSR count). The largest absolute Gasteiger partial charge is 0.310 e. The summed E-state index contributed by atoms with van der Waals surface area (Å²) in [6.07, 6.45) is 0. The Morgan fingerprint density at radius 3 is 1.97 bits per heavy atom. The standard InChI is InChI=1S/C28H22FN3S/c29-22-18-16-21(17-19-22)26-27(33-28(30)32(26)24-14-8-3-9-15-24)25(20-10-4-1-5-11-20)31-23-12-6-2-7-13-23/h1-19,26-27,30H/p+1. The van der Waals surface area contributed by atoms with Crippen molar-refractivity contribution in [1.29, 1.82) is 0 Å². The summed E-state index contributed by atoms with van der Waals surface area (Å²) in [5.74, 6) is -0.259. The lowest BCUT2D eigenvalue weighted by atomic mass is 9.95. The fourth-order valence-electron chi connectivity index (χ4n) is 4.13. The molecule has 162 valence electrons. The van der Waals surface area contributed by atoms with Crippen molar-refractivity contribution in [2.75, 3.05) is 0 Å². The molecule has 2 unspecified atom stereocenters. The summed E-state index contributed by atoms with van der Waals surface area (Å²) < 4.78 is 15.9. The van der Waals surface area contributed by atoms with E-state index in [-0.39, 0.29) is 17.1 Å². The van der Waals surface area contributed by atoms with Crippen LogP contribution in [0.2, 0.25) is 0 Å². The highest BCUT2D eigenvalue weighted by atomic mass is 32.2. The summed E-state index contributed by atoms with van der Waals surface area (Å²) in [6, 6.07) is 36.7. The van der Waals surface area contributed by atoms with Crippen molar-refractivity contribution in [2.24, 2.45) is 10.7 Å². The van der Waals surface area contributed by atoms with Crippen molar-refractivity contribution in [3.63, 3.8) is 0 Å². The van der Waals surface area contributed by atoms with E-state index in [4.69, 9.17) is 10.7 Å². The SMILES string of the molecule is NC1=[N+](c2ccccc2)C(c2ccc(F)cc2)C(C(=Nc2ccccc2)c2ccccc2)S1. The van der Waals surface area contributed by atoms with Gasteiger partial charge in [0.1, 0.15) is 22.8 Å². The Balaban J connectivity index is 1.68. The molecule has 33 heavy (non-hydrogen) atoms. The van der Waals surface area contributed by atoms with Gasteiger partial charge in [-0.15, -0.1) is 0 Å². The van der Waals surface area contributed by atoms with Crippen molar-refractivity contribution < 1.29 is 8.97 Å². The van der Waals surface area contributed by atoms with Crippen LogP contribution in [0, 0.1) is 5.82 Å². The molecule has 2 atom stereocenters. The van der Waals surface area contributed by atoms with Crippen LogP contribution in [-0.2, 0) is 0 Å². The molecule has 4 aromatic carbocycles. The number of thioether (sulfide) groups is 1. The lowest BCUT2D eigenvalue weighted by Gasteiger charge is -2.22. The summed E-state index contributed by atoms with van der Waals surface area (Å²) in [7, 11) is 0. The molecule has 0 amide bonds. The Bertz CT molecular complexity index is 1290. The van der Waals surface area contributed by atoms with E-state index < -0.39 is 0 Å².